The van der Waals surface area contributed by atoms with Crippen molar-refractivity contribution in [2.45, 2.75) is 19.4 Å². The third-order valence-electron chi connectivity index (χ3n) is 3.68. The summed E-state index contributed by atoms with van der Waals surface area (Å²) in [5.74, 6) is -0.339. The summed E-state index contributed by atoms with van der Waals surface area (Å²) in [6, 6.07) is 16.4. The maximum Gasteiger partial charge on any atom is 0.251 e. The Morgan fingerprint density at radius 3 is 2.33 bits per heavy atom. The molecule has 5 nitrogen and oxygen atoms in total. The fourth-order valence-electron chi connectivity index (χ4n) is 2.35. The molecule has 0 saturated heterocycles. The van der Waals surface area contributed by atoms with E-state index < -0.39 is 6.04 Å². The summed E-state index contributed by atoms with van der Waals surface area (Å²) in [5.41, 5.74) is 7.96. The van der Waals surface area contributed by atoms with E-state index in [1.165, 1.54) is 0 Å². The van der Waals surface area contributed by atoms with Gasteiger partial charge in [0.15, 0.2) is 0 Å². The van der Waals surface area contributed by atoms with E-state index in [1.807, 2.05) is 49.4 Å². The summed E-state index contributed by atoms with van der Waals surface area (Å²) in [6.45, 7) is 2.78. The van der Waals surface area contributed by atoms with Crippen molar-refractivity contribution in [1.82, 2.24) is 10.6 Å². The molecule has 0 bridgehead atoms. The summed E-state index contributed by atoms with van der Waals surface area (Å²) in [5, 5.41) is 5.68. The van der Waals surface area contributed by atoms with Gasteiger partial charge in [0.1, 0.15) is 0 Å². The molecule has 2 amide bonds. The molecule has 0 saturated carbocycles. The van der Waals surface area contributed by atoms with Crippen LogP contribution >= 0.6 is 0 Å². The second-order valence-corrected chi connectivity index (χ2v) is 5.65. The number of benzene rings is 2. The van der Waals surface area contributed by atoms with Crippen LogP contribution < -0.4 is 16.4 Å². The molecule has 2 rings (SSSR count). The number of nitrogens with one attached hydrogen (secondary N) is 2. The Labute approximate surface area is 142 Å². The van der Waals surface area contributed by atoms with E-state index in [9.17, 15) is 9.59 Å². The first kappa shape index (κ1) is 17.7. The van der Waals surface area contributed by atoms with Gasteiger partial charge in [0, 0.05) is 18.7 Å². The van der Waals surface area contributed by atoms with Gasteiger partial charge in [-0.3, -0.25) is 9.59 Å². The van der Waals surface area contributed by atoms with Crippen molar-refractivity contribution in [3.8, 4) is 0 Å². The lowest BCUT2D eigenvalue weighted by atomic mass is 10.0. The zero-order valence-corrected chi connectivity index (χ0v) is 13.8. The standard InChI is InChI=1S/C19H23N3O2/c1-14-7-9-16(10-8-14)19(24)22-17(13-18(23)21-12-11-20)15-5-3-2-4-6-15/h2-10,17H,11-13,20H2,1H3,(H,21,23)(H,22,24). The predicted molar refractivity (Wildman–Crippen MR) is 94.5 cm³/mol. The highest BCUT2D eigenvalue weighted by Gasteiger charge is 2.19. The second-order valence-electron chi connectivity index (χ2n) is 5.65. The molecule has 0 heterocycles. The number of carbonyl (C=O) groups is 2. The Morgan fingerprint density at radius 1 is 1.04 bits per heavy atom. The normalized spacial score (nSPS) is 11.6. The highest BCUT2D eigenvalue weighted by atomic mass is 16.2. The average molecular weight is 325 g/mol. The Kier molecular flexibility index (Phi) is 6.51. The largest absolute Gasteiger partial charge is 0.355 e. The van der Waals surface area contributed by atoms with Crippen LogP contribution in [0.2, 0.25) is 0 Å². The lowest BCUT2D eigenvalue weighted by Crippen LogP contribution is -2.35. The van der Waals surface area contributed by atoms with Crippen LogP contribution in [0.15, 0.2) is 54.6 Å². The summed E-state index contributed by atoms with van der Waals surface area (Å²) >= 11 is 0. The topological polar surface area (TPSA) is 84.2 Å². The van der Waals surface area contributed by atoms with Gasteiger partial charge in [-0.1, -0.05) is 48.0 Å². The molecule has 2 aromatic rings. The van der Waals surface area contributed by atoms with Crippen molar-refractivity contribution in [1.29, 1.82) is 0 Å². The quantitative estimate of drug-likeness (QED) is 0.727. The van der Waals surface area contributed by atoms with Crippen molar-refractivity contribution in [2.75, 3.05) is 13.1 Å². The molecule has 1 atom stereocenters. The van der Waals surface area contributed by atoms with E-state index in [0.29, 0.717) is 18.7 Å². The van der Waals surface area contributed by atoms with Crippen LogP contribution in [0, 0.1) is 6.92 Å². The number of rotatable bonds is 7. The van der Waals surface area contributed by atoms with Crippen molar-refractivity contribution < 1.29 is 9.59 Å². The van der Waals surface area contributed by atoms with E-state index in [2.05, 4.69) is 10.6 Å². The number of hydrogen-bond acceptors (Lipinski definition) is 3. The fraction of sp³-hybridized carbons (Fsp3) is 0.263. The molecule has 24 heavy (non-hydrogen) atoms. The smallest absolute Gasteiger partial charge is 0.251 e. The summed E-state index contributed by atoms with van der Waals surface area (Å²) in [4.78, 5) is 24.5. The van der Waals surface area contributed by atoms with E-state index in [0.717, 1.165) is 11.1 Å². The van der Waals surface area contributed by atoms with Gasteiger partial charge >= 0.3 is 0 Å². The molecule has 0 fully saturated rings. The Balaban J connectivity index is 2.12. The van der Waals surface area contributed by atoms with Crippen LogP contribution in [0.5, 0.6) is 0 Å². The Morgan fingerprint density at radius 2 is 1.71 bits per heavy atom. The van der Waals surface area contributed by atoms with Crippen molar-refractivity contribution in [2.24, 2.45) is 5.73 Å². The van der Waals surface area contributed by atoms with Crippen LogP contribution in [0.1, 0.15) is 33.9 Å². The molecule has 0 spiro atoms. The van der Waals surface area contributed by atoms with Crippen LogP contribution in [-0.2, 0) is 4.79 Å². The average Bonchev–Trinajstić information content (AvgIpc) is 2.60. The second kappa shape index (κ2) is 8.84. The minimum atomic E-state index is -0.391. The molecule has 5 heteroatoms. The van der Waals surface area contributed by atoms with Gasteiger partial charge in [-0.15, -0.1) is 0 Å². The van der Waals surface area contributed by atoms with Crippen molar-refractivity contribution >= 4 is 11.8 Å². The van der Waals surface area contributed by atoms with E-state index in [4.69, 9.17) is 5.73 Å². The van der Waals surface area contributed by atoms with Gasteiger partial charge in [-0.05, 0) is 24.6 Å². The molecule has 0 aliphatic heterocycles. The van der Waals surface area contributed by atoms with Gasteiger partial charge in [0.2, 0.25) is 5.91 Å². The van der Waals surface area contributed by atoms with Gasteiger partial charge in [-0.2, -0.15) is 0 Å². The van der Waals surface area contributed by atoms with Gasteiger partial charge in [-0.25, -0.2) is 0 Å². The maximum atomic E-state index is 12.5. The van der Waals surface area contributed by atoms with Crippen LogP contribution in [0.3, 0.4) is 0 Å². The molecule has 0 radical (unpaired) electrons. The van der Waals surface area contributed by atoms with E-state index in [1.54, 1.807) is 12.1 Å². The van der Waals surface area contributed by atoms with E-state index >= 15 is 0 Å². The third kappa shape index (κ3) is 5.21. The third-order valence-corrected chi connectivity index (χ3v) is 3.68. The van der Waals surface area contributed by atoms with Gasteiger partial charge in [0.25, 0.3) is 5.91 Å². The first-order valence-electron chi connectivity index (χ1n) is 7.99. The molecule has 4 N–H and O–H groups in total. The van der Waals surface area contributed by atoms with Gasteiger partial charge in [0.05, 0.1) is 12.5 Å². The monoisotopic (exact) mass is 325 g/mol. The molecule has 2 aromatic carbocycles. The maximum absolute atomic E-state index is 12.5. The summed E-state index contributed by atoms with van der Waals surface area (Å²) < 4.78 is 0. The Hall–Kier alpha value is -2.66. The first-order valence-corrected chi connectivity index (χ1v) is 7.99. The van der Waals surface area contributed by atoms with Crippen LogP contribution in [-0.4, -0.2) is 24.9 Å². The summed E-state index contributed by atoms with van der Waals surface area (Å²) in [6.07, 6.45) is 0.168. The first-order chi connectivity index (χ1) is 11.6. The molecular formula is C19H23N3O2. The Bertz CT molecular complexity index is 669. The van der Waals surface area contributed by atoms with Crippen molar-refractivity contribution in [3.05, 3.63) is 71.3 Å². The highest BCUT2D eigenvalue weighted by molar-refractivity contribution is 5.94. The highest BCUT2D eigenvalue weighted by Crippen LogP contribution is 2.17. The number of carbonyl (C=O) groups excluding carboxylic acids is 2. The molecule has 0 aliphatic carbocycles. The molecule has 0 aromatic heterocycles. The molecule has 0 aliphatic rings. The minimum absolute atomic E-state index is 0.140. The lowest BCUT2D eigenvalue weighted by Gasteiger charge is -2.19. The molecular weight excluding hydrogens is 302 g/mol. The number of nitrogens with two attached hydrogens (primary N) is 1. The zero-order valence-electron chi connectivity index (χ0n) is 13.8. The van der Waals surface area contributed by atoms with Crippen LogP contribution in [0.4, 0.5) is 0 Å². The number of amides is 2. The summed E-state index contributed by atoms with van der Waals surface area (Å²) in [7, 11) is 0. The van der Waals surface area contributed by atoms with Gasteiger partial charge < -0.3 is 16.4 Å². The van der Waals surface area contributed by atoms with E-state index in [-0.39, 0.29) is 18.2 Å². The number of hydrogen-bond donors (Lipinski definition) is 3. The fourth-order valence-corrected chi connectivity index (χ4v) is 2.35. The minimum Gasteiger partial charge on any atom is -0.355 e. The number of aryl methyl sites for hydroxylation is 1. The van der Waals surface area contributed by atoms with Crippen molar-refractivity contribution in [3.63, 3.8) is 0 Å². The molecule has 126 valence electrons. The molecule has 1 unspecified atom stereocenters. The SMILES string of the molecule is Cc1ccc(C(=O)NC(CC(=O)NCCN)c2ccccc2)cc1. The zero-order chi connectivity index (χ0) is 17.4. The predicted octanol–water partition coefficient (Wildman–Crippen LogP) is 1.93. The van der Waals surface area contributed by atoms with Crippen LogP contribution in [0.25, 0.3) is 0 Å². The lowest BCUT2D eigenvalue weighted by molar-refractivity contribution is -0.121.